The van der Waals surface area contributed by atoms with Crippen LogP contribution in [0.4, 0.5) is 0 Å². The van der Waals surface area contributed by atoms with Crippen LogP contribution < -0.4 is 0 Å². The molecule has 0 saturated carbocycles. The second-order valence-electron chi connectivity index (χ2n) is 7.90. The van der Waals surface area contributed by atoms with E-state index in [1.165, 1.54) is 11.1 Å². The number of nitrogens with zero attached hydrogens (tertiary/aromatic N) is 2. The molecule has 0 radical (unpaired) electrons. The van der Waals surface area contributed by atoms with Gasteiger partial charge in [-0.15, -0.1) is 0 Å². The quantitative estimate of drug-likeness (QED) is 0.482. The largest absolute Gasteiger partial charge is 0.382 e. The average Bonchev–Trinajstić information content (AvgIpc) is 2.73. The Hall–Kier alpha value is -2.39. The van der Waals surface area contributed by atoms with Crippen molar-refractivity contribution in [2.75, 3.05) is 13.7 Å². The van der Waals surface area contributed by atoms with Gasteiger partial charge in [-0.2, -0.15) is 0 Å². The highest BCUT2D eigenvalue weighted by Gasteiger charge is 2.25. The molecule has 0 aromatic heterocycles. The van der Waals surface area contributed by atoms with Crippen molar-refractivity contribution < 1.29 is 4.74 Å². The van der Waals surface area contributed by atoms with Gasteiger partial charge >= 0.3 is 0 Å². The number of hydrogen-bond acceptors (Lipinski definition) is 2. The van der Waals surface area contributed by atoms with Crippen LogP contribution in [-0.2, 0) is 4.74 Å². The van der Waals surface area contributed by atoms with Crippen LogP contribution >= 0.6 is 0 Å². The average molecular weight is 377 g/mol. The Morgan fingerprint density at radius 2 is 1.71 bits per heavy atom. The van der Waals surface area contributed by atoms with E-state index in [1.807, 2.05) is 0 Å². The second kappa shape index (κ2) is 9.70. The summed E-state index contributed by atoms with van der Waals surface area (Å²) in [7, 11) is 1.75. The molecule has 0 bridgehead atoms. The number of hydrogen-bond donors (Lipinski definition) is 0. The lowest BCUT2D eigenvalue weighted by Gasteiger charge is -2.35. The van der Waals surface area contributed by atoms with Crippen molar-refractivity contribution >= 4 is 11.4 Å². The van der Waals surface area contributed by atoms with E-state index in [0.29, 0.717) is 18.6 Å². The van der Waals surface area contributed by atoms with Crippen molar-refractivity contribution in [2.45, 2.75) is 45.7 Å². The van der Waals surface area contributed by atoms with Crippen LogP contribution in [0.2, 0.25) is 0 Å². The number of ether oxygens (including phenoxy) is 1. The molecule has 3 nitrogen and oxygen atoms in total. The Bertz CT molecular complexity index is 796. The summed E-state index contributed by atoms with van der Waals surface area (Å²) in [5.74, 6) is 1.45. The third-order valence-electron chi connectivity index (χ3n) is 5.42. The maximum Gasteiger partial charge on any atom is 0.135 e. The van der Waals surface area contributed by atoms with Crippen LogP contribution in [-0.4, -0.2) is 36.5 Å². The number of aliphatic imine (C=N–C) groups is 1. The fourth-order valence-corrected chi connectivity index (χ4v) is 3.59. The first-order valence-electron chi connectivity index (χ1n) is 10.3. The summed E-state index contributed by atoms with van der Waals surface area (Å²) in [5, 5.41) is 0. The van der Waals surface area contributed by atoms with E-state index in [4.69, 9.17) is 9.73 Å². The first-order valence-corrected chi connectivity index (χ1v) is 10.3. The normalized spacial score (nSPS) is 18.9. The molecular formula is C25H32N2O. The van der Waals surface area contributed by atoms with Crippen LogP contribution in [0.25, 0.3) is 5.57 Å². The summed E-state index contributed by atoms with van der Waals surface area (Å²) in [6.07, 6.45) is 4.51. The van der Waals surface area contributed by atoms with E-state index in [1.54, 1.807) is 7.11 Å². The van der Waals surface area contributed by atoms with Crippen molar-refractivity contribution in [3.63, 3.8) is 0 Å². The zero-order valence-corrected chi connectivity index (χ0v) is 17.5. The summed E-state index contributed by atoms with van der Waals surface area (Å²) < 4.78 is 5.47. The second-order valence-corrected chi connectivity index (χ2v) is 7.90. The highest BCUT2D eigenvalue weighted by molar-refractivity contribution is 6.00. The molecule has 148 valence electrons. The Morgan fingerprint density at radius 3 is 2.32 bits per heavy atom. The molecule has 1 heterocycles. The zero-order valence-electron chi connectivity index (χ0n) is 17.5. The molecule has 0 aliphatic carbocycles. The van der Waals surface area contributed by atoms with Gasteiger partial charge in [-0.3, -0.25) is 4.99 Å². The van der Waals surface area contributed by atoms with Gasteiger partial charge in [-0.25, -0.2) is 0 Å². The van der Waals surface area contributed by atoms with Crippen molar-refractivity contribution in [1.29, 1.82) is 0 Å². The van der Waals surface area contributed by atoms with Crippen LogP contribution in [0, 0.1) is 5.92 Å². The molecule has 0 saturated heterocycles. The van der Waals surface area contributed by atoms with Gasteiger partial charge in [0.05, 0.1) is 12.6 Å². The summed E-state index contributed by atoms with van der Waals surface area (Å²) in [4.78, 5) is 7.58. The molecule has 0 unspecified atom stereocenters. The molecule has 2 aromatic rings. The lowest BCUT2D eigenvalue weighted by molar-refractivity contribution is 0.164. The first kappa shape index (κ1) is 20.3. The topological polar surface area (TPSA) is 24.8 Å². The molecule has 2 atom stereocenters. The van der Waals surface area contributed by atoms with E-state index in [2.05, 4.69) is 92.5 Å². The monoisotopic (exact) mass is 376 g/mol. The minimum absolute atomic E-state index is 0.128. The van der Waals surface area contributed by atoms with E-state index in [-0.39, 0.29) is 6.04 Å². The van der Waals surface area contributed by atoms with Crippen LogP contribution in [0.15, 0.2) is 71.9 Å². The SMILES string of the molecule is COC[C@@H](N=C(c1ccccc1)N1C=C(c2ccccc2)CC[C@H]1C)C(C)C. The van der Waals surface area contributed by atoms with Gasteiger partial charge in [-0.1, -0.05) is 74.5 Å². The van der Waals surface area contributed by atoms with Gasteiger partial charge in [0.1, 0.15) is 5.84 Å². The molecule has 0 spiro atoms. The smallest absolute Gasteiger partial charge is 0.135 e. The third-order valence-corrected chi connectivity index (χ3v) is 5.42. The number of methoxy groups -OCH3 is 1. The van der Waals surface area contributed by atoms with E-state index >= 15 is 0 Å². The highest BCUT2D eigenvalue weighted by Crippen LogP contribution is 2.30. The molecule has 1 aliphatic heterocycles. The number of benzene rings is 2. The predicted molar refractivity (Wildman–Crippen MR) is 118 cm³/mol. The Kier molecular flexibility index (Phi) is 7.05. The molecule has 3 rings (SSSR count). The fraction of sp³-hybridized carbons (Fsp3) is 0.400. The van der Waals surface area contributed by atoms with Gasteiger partial charge in [0.2, 0.25) is 0 Å². The summed E-state index contributed by atoms with van der Waals surface area (Å²) >= 11 is 0. The van der Waals surface area contributed by atoms with Crippen LogP contribution in [0.3, 0.4) is 0 Å². The number of amidine groups is 1. The maximum absolute atomic E-state index is 5.47. The molecule has 2 aromatic carbocycles. The summed E-state index contributed by atoms with van der Waals surface area (Å²) in [6.45, 7) is 7.34. The van der Waals surface area contributed by atoms with Gasteiger partial charge in [0, 0.05) is 24.9 Å². The van der Waals surface area contributed by atoms with Crippen molar-refractivity contribution in [3.8, 4) is 0 Å². The molecule has 28 heavy (non-hydrogen) atoms. The Labute approximate surface area is 169 Å². The van der Waals surface area contributed by atoms with E-state index in [9.17, 15) is 0 Å². The predicted octanol–water partition coefficient (Wildman–Crippen LogP) is 5.63. The zero-order chi connectivity index (χ0) is 19.9. The first-order chi connectivity index (χ1) is 13.6. The van der Waals surface area contributed by atoms with Gasteiger partial charge < -0.3 is 9.64 Å². The standard InChI is InChI=1S/C25H32N2O/c1-19(2)24(18-28-4)26-25(22-13-9-6-10-14-22)27-17-23(16-15-20(27)3)21-11-7-5-8-12-21/h5-14,17,19-20,24H,15-16,18H2,1-4H3/t20-,24-/m1/s1. The van der Waals surface area contributed by atoms with Crippen LogP contribution in [0.1, 0.15) is 44.7 Å². The summed E-state index contributed by atoms with van der Waals surface area (Å²) in [6, 6.07) is 21.7. The maximum atomic E-state index is 5.47. The molecule has 1 aliphatic rings. The van der Waals surface area contributed by atoms with Crippen LogP contribution in [0.5, 0.6) is 0 Å². The fourth-order valence-electron chi connectivity index (χ4n) is 3.59. The molecule has 0 amide bonds. The Morgan fingerprint density at radius 1 is 1.07 bits per heavy atom. The Balaban J connectivity index is 2.05. The number of allylic oxidation sites excluding steroid dienone is 1. The molecule has 0 N–H and O–H groups in total. The van der Waals surface area contributed by atoms with E-state index < -0.39 is 0 Å². The minimum atomic E-state index is 0.128. The van der Waals surface area contributed by atoms with Crippen molar-refractivity contribution in [1.82, 2.24) is 4.90 Å². The molecule has 3 heteroatoms. The molecule has 0 fully saturated rings. The van der Waals surface area contributed by atoms with Gasteiger partial charge in [-0.05, 0) is 36.8 Å². The van der Waals surface area contributed by atoms with Crippen molar-refractivity contribution in [3.05, 3.63) is 78.0 Å². The minimum Gasteiger partial charge on any atom is -0.382 e. The van der Waals surface area contributed by atoms with E-state index in [0.717, 1.165) is 24.2 Å². The lowest BCUT2D eigenvalue weighted by atomic mass is 9.95. The highest BCUT2D eigenvalue weighted by atomic mass is 16.5. The third kappa shape index (κ3) is 4.90. The lowest BCUT2D eigenvalue weighted by Crippen LogP contribution is -2.39. The van der Waals surface area contributed by atoms with Gasteiger partial charge in [0.25, 0.3) is 0 Å². The summed E-state index contributed by atoms with van der Waals surface area (Å²) in [5.41, 5.74) is 3.82. The van der Waals surface area contributed by atoms with Gasteiger partial charge in [0.15, 0.2) is 0 Å². The molecular weight excluding hydrogens is 344 g/mol. The number of rotatable bonds is 6. The van der Waals surface area contributed by atoms with Crippen molar-refractivity contribution in [2.24, 2.45) is 10.9 Å².